The van der Waals surface area contributed by atoms with Crippen molar-refractivity contribution in [3.8, 4) is 22.4 Å². The highest BCUT2D eigenvalue weighted by Crippen LogP contribution is 2.33. The summed E-state index contributed by atoms with van der Waals surface area (Å²) in [4.78, 5) is 4.41. The van der Waals surface area contributed by atoms with Crippen molar-refractivity contribution < 1.29 is 4.39 Å². The van der Waals surface area contributed by atoms with E-state index in [0.717, 1.165) is 16.7 Å². The van der Waals surface area contributed by atoms with Crippen LogP contribution in [0.3, 0.4) is 0 Å². The van der Waals surface area contributed by atoms with Crippen molar-refractivity contribution in [1.29, 1.82) is 0 Å². The van der Waals surface area contributed by atoms with Crippen molar-refractivity contribution >= 4 is 0 Å². The molecule has 0 amide bonds. The van der Waals surface area contributed by atoms with Crippen molar-refractivity contribution in [2.24, 2.45) is 0 Å². The second-order valence-corrected chi connectivity index (χ2v) is 4.70. The van der Waals surface area contributed by atoms with Gasteiger partial charge in [0.1, 0.15) is 5.82 Å². The first-order valence-corrected chi connectivity index (χ1v) is 6.53. The van der Waals surface area contributed by atoms with Crippen LogP contribution in [0.4, 0.5) is 4.39 Å². The van der Waals surface area contributed by atoms with Gasteiger partial charge in [0, 0.05) is 17.3 Å². The van der Waals surface area contributed by atoms with E-state index in [1.54, 1.807) is 18.3 Å². The van der Waals surface area contributed by atoms with Gasteiger partial charge in [0.15, 0.2) is 0 Å². The summed E-state index contributed by atoms with van der Waals surface area (Å²) < 4.78 is 14.1. The van der Waals surface area contributed by atoms with Crippen LogP contribution in [0.25, 0.3) is 22.4 Å². The molecule has 2 heteroatoms. The maximum atomic E-state index is 14.1. The van der Waals surface area contributed by atoms with Crippen LogP contribution in [0, 0.1) is 12.7 Å². The van der Waals surface area contributed by atoms with Gasteiger partial charge in [0.25, 0.3) is 0 Å². The summed E-state index contributed by atoms with van der Waals surface area (Å²) in [6, 6.07) is 18.7. The molecule has 20 heavy (non-hydrogen) atoms. The second-order valence-electron chi connectivity index (χ2n) is 4.70. The monoisotopic (exact) mass is 263 g/mol. The Morgan fingerprint density at radius 1 is 0.850 bits per heavy atom. The molecular weight excluding hydrogens is 249 g/mol. The van der Waals surface area contributed by atoms with Gasteiger partial charge in [-0.05, 0) is 36.2 Å². The normalized spacial score (nSPS) is 10.5. The number of aromatic nitrogens is 1. The standard InChI is InChI=1S/C18H14FN/c1-13-11-12-20-18(15-9-5-6-10-16(15)19)17(13)14-7-3-2-4-8-14/h2-12H,1H3. The first-order valence-electron chi connectivity index (χ1n) is 6.53. The van der Waals surface area contributed by atoms with E-state index >= 15 is 0 Å². The van der Waals surface area contributed by atoms with Gasteiger partial charge in [-0.25, -0.2) is 4.39 Å². The second kappa shape index (κ2) is 5.25. The predicted molar refractivity (Wildman–Crippen MR) is 79.8 cm³/mol. The smallest absolute Gasteiger partial charge is 0.132 e. The molecular formula is C18H14FN. The Hall–Kier alpha value is -2.48. The van der Waals surface area contributed by atoms with E-state index in [2.05, 4.69) is 4.98 Å². The van der Waals surface area contributed by atoms with Crippen molar-refractivity contribution in [2.75, 3.05) is 0 Å². The minimum atomic E-state index is -0.247. The van der Waals surface area contributed by atoms with E-state index in [0.29, 0.717) is 11.3 Å². The van der Waals surface area contributed by atoms with Crippen molar-refractivity contribution in [3.05, 3.63) is 78.2 Å². The van der Waals surface area contributed by atoms with Crippen molar-refractivity contribution in [2.45, 2.75) is 6.92 Å². The van der Waals surface area contributed by atoms with Crippen LogP contribution in [-0.2, 0) is 0 Å². The molecule has 3 rings (SSSR count). The van der Waals surface area contributed by atoms with Crippen LogP contribution in [0.2, 0.25) is 0 Å². The molecule has 1 nitrogen and oxygen atoms in total. The molecule has 0 unspecified atom stereocenters. The molecule has 0 aliphatic carbocycles. The van der Waals surface area contributed by atoms with Gasteiger partial charge in [0.2, 0.25) is 0 Å². The summed E-state index contributed by atoms with van der Waals surface area (Å²) >= 11 is 0. The fourth-order valence-corrected chi connectivity index (χ4v) is 2.38. The molecule has 2 aromatic carbocycles. The summed E-state index contributed by atoms with van der Waals surface area (Å²) in [5.41, 5.74) is 4.35. The van der Waals surface area contributed by atoms with Crippen LogP contribution >= 0.6 is 0 Å². The summed E-state index contributed by atoms with van der Waals surface area (Å²) in [7, 11) is 0. The first-order chi connectivity index (χ1) is 9.77. The largest absolute Gasteiger partial charge is 0.255 e. The third-order valence-electron chi connectivity index (χ3n) is 3.35. The van der Waals surface area contributed by atoms with Gasteiger partial charge in [-0.15, -0.1) is 0 Å². The quantitative estimate of drug-likeness (QED) is 0.643. The third-order valence-corrected chi connectivity index (χ3v) is 3.35. The van der Waals surface area contributed by atoms with Gasteiger partial charge < -0.3 is 0 Å². The Labute approximate surface area is 117 Å². The van der Waals surface area contributed by atoms with Crippen molar-refractivity contribution in [3.63, 3.8) is 0 Å². The Morgan fingerprint density at radius 3 is 2.30 bits per heavy atom. The molecule has 1 heterocycles. The van der Waals surface area contributed by atoms with E-state index in [4.69, 9.17) is 0 Å². The lowest BCUT2D eigenvalue weighted by Crippen LogP contribution is -1.94. The lowest BCUT2D eigenvalue weighted by Gasteiger charge is -2.12. The van der Waals surface area contributed by atoms with Gasteiger partial charge >= 0.3 is 0 Å². The number of nitrogens with zero attached hydrogens (tertiary/aromatic N) is 1. The Morgan fingerprint density at radius 2 is 1.55 bits per heavy atom. The number of benzene rings is 2. The molecule has 98 valence electrons. The molecule has 0 saturated heterocycles. The van der Waals surface area contributed by atoms with Gasteiger partial charge in [-0.2, -0.15) is 0 Å². The zero-order chi connectivity index (χ0) is 13.9. The fraction of sp³-hybridized carbons (Fsp3) is 0.0556. The number of rotatable bonds is 2. The summed E-state index contributed by atoms with van der Waals surface area (Å²) in [5.74, 6) is -0.247. The molecule has 0 bridgehead atoms. The Bertz CT molecular complexity index is 735. The van der Waals surface area contributed by atoms with Crippen molar-refractivity contribution in [1.82, 2.24) is 4.98 Å². The minimum absolute atomic E-state index is 0.247. The maximum Gasteiger partial charge on any atom is 0.132 e. The molecule has 0 saturated carbocycles. The average molecular weight is 263 g/mol. The summed E-state index contributed by atoms with van der Waals surface area (Å²) in [6.45, 7) is 2.02. The third kappa shape index (κ3) is 2.21. The van der Waals surface area contributed by atoms with Gasteiger partial charge in [-0.1, -0.05) is 42.5 Å². The van der Waals surface area contributed by atoms with E-state index in [1.165, 1.54) is 6.07 Å². The lowest BCUT2D eigenvalue weighted by atomic mass is 9.95. The zero-order valence-electron chi connectivity index (χ0n) is 11.2. The number of pyridine rings is 1. The van der Waals surface area contributed by atoms with E-state index in [-0.39, 0.29) is 5.82 Å². The predicted octanol–water partition coefficient (Wildman–Crippen LogP) is 4.86. The number of halogens is 1. The van der Waals surface area contributed by atoms with Crippen LogP contribution in [0.5, 0.6) is 0 Å². The van der Waals surface area contributed by atoms with Crippen LogP contribution in [-0.4, -0.2) is 4.98 Å². The number of hydrogen-bond acceptors (Lipinski definition) is 1. The fourth-order valence-electron chi connectivity index (χ4n) is 2.38. The first kappa shape index (κ1) is 12.5. The number of aryl methyl sites for hydroxylation is 1. The zero-order valence-corrected chi connectivity index (χ0v) is 11.2. The molecule has 1 aromatic heterocycles. The topological polar surface area (TPSA) is 12.9 Å². The van der Waals surface area contributed by atoms with Crippen LogP contribution in [0.15, 0.2) is 66.9 Å². The maximum absolute atomic E-state index is 14.1. The highest BCUT2D eigenvalue weighted by Gasteiger charge is 2.14. The Balaban J connectivity index is 2.28. The van der Waals surface area contributed by atoms with E-state index < -0.39 is 0 Å². The number of hydrogen-bond donors (Lipinski definition) is 0. The lowest BCUT2D eigenvalue weighted by molar-refractivity contribution is 0.631. The molecule has 0 N–H and O–H groups in total. The molecule has 0 aliphatic heterocycles. The highest BCUT2D eigenvalue weighted by atomic mass is 19.1. The van der Waals surface area contributed by atoms with E-state index in [9.17, 15) is 4.39 Å². The van der Waals surface area contributed by atoms with E-state index in [1.807, 2.05) is 49.4 Å². The van der Waals surface area contributed by atoms with Crippen LogP contribution < -0.4 is 0 Å². The molecule has 0 radical (unpaired) electrons. The highest BCUT2D eigenvalue weighted by molar-refractivity contribution is 5.83. The summed E-state index contributed by atoms with van der Waals surface area (Å²) in [5, 5.41) is 0. The van der Waals surface area contributed by atoms with Gasteiger partial charge in [-0.3, -0.25) is 4.98 Å². The molecule has 0 atom stereocenters. The molecule has 0 aliphatic rings. The SMILES string of the molecule is Cc1ccnc(-c2ccccc2F)c1-c1ccccc1. The molecule has 0 spiro atoms. The average Bonchev–Trinajstić information content (AvgIpc) is 2.48. The summed E-state index contributed by atoms with van der Waals surface area (Å²) in [6.07, 6.45) is 1.73. The van der Waals surface area contributed by atoms with Crippen LogP contribution in [0.1, 0.15) is 5.56 Å². The molecule has 0 fully saturated rings. The Kier molecular flexibility index (Phi) is 3.30. The van der Waals surface area contributed by atoms with Gasteiger partial charge in [0.05, 0.1) is 5.69 Å². The molecule has 3 aromatic rings. The minimum Gasteiger partial charge on any atom is -0.255 e.